The van der Waals surface area contributed by atoms with Gasteiger partial charge in [-0.2, -0.15) is 9.57 Å². The summed E-state index contributed by atoms with van der Waals surface area (Å²) in [7, 11) is -3.61. The second kappa shape index (κ2) is 7.91. The number of para-hydroxylation sites is 1. The van der Waals surface area contributed by atoms with E-state index in [2.05, 4.69) is 5.32 Å². The van der Waals surface area contributed by atoms with Crippen molar-refractivity contribution in [3.8, 4) is 6.07 Å². The van der Waals surface area contributed by atoms with Crippen LogP contribution < -0.4 is 5.32 Å². The predicted molar refractivity (Wildman–Crippen MR) is 102 cm³/mol. The lowest BCUT2D eigenvalue weighted by atomic mass is 9.97. The Kier molecular flexibility index (Phi) is 5.59. The number of amides is 1. The van der Waals surface area contributed by atoms with E-state index >= 15 is 0 Å². The zero-order valence-electron chi connectivity index (χ0n) is 15.1. The Morgan fingerprint density at radius 1 is 1.11 bits per heavy atom. The Morgan fingerprint density at radius 2 is 1.74 bits per heavy atom. The summed E-state index contributed by atoms with van der Waals surface area (Å²) in [6, 6.07) is 15.4. The zero-order chi connectivity index (χ0) is 19.4. The number of benzene rings is 2. The fourth-order valence-electron chi connectivity index (χ4n) is 3.16. The van der Waals surface area contributed by atoms with E-state index in [0.29, 0.717) is 31.5 Å². The predicted octanol–water partition coefficient (Wildman–Crippen LogP) is 2.91. The average Bonchev–Trinajstić information content (AvgIpc) is 2.70. The summed E-state index contributed by atoms with van der Waals surface area (Å²) in [6.07, 6.45) is 0.959. The number of aryl methyl sites for hydroxylation is 1. The van der Waals surface area contributed by atoms with Crippen LogP contribution in [-0.2, 0) is 14.8 Å². The van der Waals surface area contributed by atoms with E-state index in [1.165, 1.54) is 28.6 Å². The van der Waals surface area contributed by atoms with Crippen molar-refractivity contribution in [1.82, 2.24) is 4.31 Å². The number of carbonyl (C=O) groups excluding carboxylic acids is 1. The van der Waals surface area contributed by atoms with Crippen molar-refractivity contribution in [2.45, 2.75) is 24.7 Å². The van der Waals surface area contributed by atoms with Crippen LogP contribution in [0.5, 0.6) is 0 Å². The molecule has 0 aliphatic carbocycles. The molecule has 2 aromatic carbocycles. The molecular formula is C20H21N3O3S. The molecule has 0 bridgehead atoms. The molecule has 6 nitrogen and oxygen atoms in total. The molecule has 0 spiro atoms. The fourth-order valence-corrected chi connectivity index (χ4v) is 4.63. The monoisotopic (exact) mass is 383 g/mol. The number of carbonyl (C=O) groups is 1. The number of hydrogen-bond acceptors (Lipinski definition) is 4. The van der Waals surface area contributed by atoms with E-state index in [1.807, 2.05) is 37.3 Å². The molecule has 7 heteroatoms. The first-order chi connectivity index (χ1) is 12.9. The van der Waals surface area contributed by atoms with Gasteiger partial charge in [0.2, 0.25) is 15.9 Å². The third kappa shape index (κ3) is 4.18. The minimum Gasteiger partial charge on any atom is -0.326 e. The van der Waals surface area contributed by atoms with Crippen molar-refractivity contribution in [3.05, 3.63) is 59.7 Å². The van der Waals surface area contributed by atoms with Gasteiger partial charge in [0.1, 0.15) is 0 Å². The molecule has 1 saturated heterocycles. The first-order valence-corrected chi connectivity index (χ1v) is 10.2. The van der Waals surface area contributed by atoms with Crippen molar-refractivity contribution < 1.29 is 13.2 Å². The molecule has 1 fully saturated rings. The van der Waals surface area contributed by atoms with E-state index in [4.69, 9.17) is 5.26 Å². The molecule has 1 N–H and O–H groups in total. The molecule has 1 aliphatic rings. The standard InChI is InChI=1S/C20H21N3O3S/c1-15-4-2-3-5-19(15)22-20(24)17-10-12-23(13-11-17)27(25,26)18-8-6-16(14-21)7-9-18/h2-9,17H,10-13H2,1H3,(H,22,24). The first kappa shape index (κ1) is 19.1. The summed E-state index contributed by atoms with van der Waals surface area (Å²) in [5.41, 5.74) is 2.20. The largest absolute Gasteiger partial charge is 0.326 e. The van der Waals surface area contributed by atoms with Crippen molar-refractivity contribution in [2.24, 2.45) is 5.92 Å². The molecule has 1 aliphatic heterocycles. The van der Waals surface area contributed by atoms with Gasteiger partial charge in [0.15, 0.2) is 0 Å². The van der Waals surface area contributed by atoms with Crippen molar-refractivity contribution in [2.75, 3.05) is 18.4 Å². The highest BCUT2D eigenvalue weighted by atomic mass is 32.2. The lowest BCUT2D eigenvalue weighted by molar-refractivity contribution is -0.120. The molecule has 27 heavy (non-hydrogen) atoms. The zero-order valence-corrected chi connectivity index (χ0v) is 15.9. The Labute approximate surface area is 159 Å². The van der Waals surface area contributed by atoms with Crippen molar-refractivity contribution >= 4 is 21.6 Å². The topological polar surface area (TPSA) is 90.3 Å². The van der Waals surface area contributed by atoms with Crippen LogP contribution in [0, 0.1) is 24.2 Å². The van der Waals surface area contributed by atoms with E-state index < -0.39 is 10.0 Å². The van der Waals surface area contributed by atoms with Crippen molar-refractivity contribution in [3.63, 3.8) is 0 Å². The second-order valence-electron chi connectivity index (χ2n) is 6.62. The average molecular weight is 383 g/mol. The van der Waals surface area contributed by atoms with E-state index in [-0.39, 0.29) is 16.7 Å². The van der Waals surface area contributed by atoms with Crippen LogP contribution in [0.25, 0.3) is 0 Å². The molecule has 140 valence electrons. The highest BCUT2D eigenvalue weighted by Crippen LogP contribution is 2.25. The van der Waals surface area contributed by atoms with Gasteiger partial charge in [-0.25, -0.2) is 8.42 Å². The summed E-state index contributed by atoms with van der Waals surface area (Å²) in [4.78, 5) is 12.7. The minimum absolute atomic E-state index is 0.0697. The number of sulfonamides is 1. The van der Waals surface area contributed by atoms with Gasteiger partial charge in [0, 0.05) is 24.7 Å². The summed E-state index contributed by atoms with van der Waals surface area (Å²) in [5, 5.41) is 11.8. The Balaban J connectivity index is 1.63. The normalized spacial score (nSPS) is 15.9. The maximum atomic E-state index is 12.7. The fraction of sp³-hybridized carbons (Fsp3) is 0.300. The third-order valence-corrected chi connectivity index (χ3v) is 6.76. The van der Waals surface area contributed by atoms with Crippen LogP contribution in [0.2, 0.25) is 0 Å². The van der Waals surface area contributed by atoms with Gasteiger partial charge in [-0.3, -0.25) is 4.79 Å². The van der Waals surface area contributed by atoms with Crippen LogP contribution in [0.3, 0.4) is 0 Å². The van der Waals surface area contributed by atoms with Gasteiger partial charge < -0.3 is 5.32 Å². The maximum Gasteiger partial charge on any atom is 0.243 e. The number of nitrogens with zero attached hydrogens (tertiary/aromatic N) is 2. The number of nitriles is 1. The van der Waals surface area contributed by atoms with Gasteiger partial charge >= 0.3 is 0 Å². The molecule has 0 saturated carbocycles. The lowest BCUT2D eigenvalue weighted by Crippen LogP contribution is -2.41. The van der Waals surface area contributed by atoms with Gasteiger partial charge in [-0.1, -0.05) is 18.2 Å². The number of anilines is 1. The van der Waals surface area contributed by atoms with E-state index in [9.17, 15) is 13.2 Å². The Hall–Kier alpha value is -2.69. The number of nitrogens with one attached hydrogen (secondary N) is 1. The third-order valence-electron chi connectivity index (χ3n) is 4.85. The minimum atomic E-state index is -3.61. The van der Waals surface area contributed by atoms with Gasteiger partial charge in [-0.05, 0) is 55.7 Å². The Morgan fingerprint density at radius 3 is 2.33 bits per heavy atom. The quantitative estimate of drug-likeness (QED) is 0.879. The highest BCUT2D eigenvalue weighted by Gasteiger charge is 2.32. The van der Waals surface area contributed by atoms with Crippen LogP contribution >= 0.6 is 0 Å². The molecule has 0 radical (unpaired) electrons. The SMILES string of the molecule is Cc1ccccc1NC(=O)C1CCN(S(=O)(=O)c2ccc(C#N)cc2)CC1. The Bertz CT molecular complexity index is 970. The van der Waals surface area contributed by atoms with Crippen LogP contribution in [-0.4, -0.2) is 31.7 Å². The molecular weight excluding hydrogens is 362 g/mol. The number of hydrogen-bond donors (Lipinski definition) is 1. The number of rotatable bonds is 4. The lowest BCUT2D eigenvalue weighted by Gasteiger charge is -2.30. The van der Waals surface area contributed by atoms with E-state index in [0.717, 1.165) is 11.3 Å². The summed E-state index contributed by atoms with van der Waals surface area (Å²) in [5.74, 6) is -0.281. The molecule has 0 aromatic heterocycles. The maximum absolute atomic E-state index is 12.7. The molecule has 0 atom stereocenters. The molecule has 2 aromatic rings. The van der Waals surface area contributed by atoms with Gasteiger partial charge in [-0.15, -0.1) is 0 Å². The van der Waals surface area contributed by atoms with E-state index in [1.54, 1.807) is 0 Å². The molecule has 1 amide bonds. The van der Waals surface area contributed by atoms with Gasteiger partial charge in [0.25, 0.3) is 0 Å². The smallest absolute Gasteiger partial charge is 0.243 e. The first-order valence-electron chi connectivity index (χ1n) is 8.78. The summed E-state index contributed by atoms with van der Waals surface area (Å²) >= 11 is 0. The van der Waals surface area contributed by atoms with Gasteiger partial charge in [0.05, 0.1) is 16.5 Å². The molecule has 1 heterocycles. The summed E-state index contributed by atoms with van der Waals surface area (Å²) in [6.45, 7) is 2.53. The van der Waals surface area contributed by atoms with Crippen molar-refractivity contribution in [1.29, 1.82) is 5.26 Å². The highest BCUT2D eigenvalue weighted by molar-refractivity contribution is 7.89. The van der Waals surface area contributed by atoms with Crippen LogP contribution in [0.1, 0.15) is 24.0 Å². The summed E-state index contributed by atoms with van der Waals surface area (Å²) < 4.78 is 26.9. The molecule has 0 unspecified atom stereocenters. The molecule has 3 rings (SSSR count). The number of piperidine rings is 1. The van der Waals surface area contributed by atoms with Crippen LogP contribution in [0.4, 0.5) is 5.69 Å². The second-order valence-corrected chi connectivity index (χ2v) is 8.56. The van der Waals surface area contributed by atoms with Crippen LogP contribution in [0.15, 0.2) is 53.4 Å².